The number of hydrazine groups is 1. The smallest absolute Gasteiger partial charge is 0.193 e. The SMILES string of the molecule is NNC(Cc1cn2ccsc2n1)c1ccc(F)cc1. The maximum absolute atomic E-state index is 12.9. The maximum atomic E-state index is 12.9. The Morgan fingerprint density at radius 3 is 2.84 bits per heavy atom. The molecule has 3 aromatic rings. The molecule has 3 N–H and O–H groups in total. The van der Waals surface area contributed by atoms with Gasteiger partial charge in [-0.1, -0.05) is 12.1 Å². The van der Waals surface area contributed by atoms with Crippen LogP contribution in [0.4, 0.5) is 4.39 Å². The van der Waals surface area contributed by atoms with E-state index in [9.17, 15) is 4.39 Å². The summed E-state index contributed by atoms with van der Waals surface area (Å²) in [5, 5.41) is 1.99. The van der Waals surface area contributed by atoms with Gasteiger partial charge in [0.25, 0.3) is 0 Å². The van der Waals surface area contributed by atoms with Gasteiger partial charge in [0, 0.05) is 24.2 Å². The van der Waals surface area contributed by atoms with Crippen LogP contribution in [0.15, 0.2) is 42.0 Å². The predicted molar refractivity (Wildman–Crippen MR) is 73.2 cm³/mol. The number of thiazole rings is 1. The molecule has 0 fully saturated rings. The molecule has 2 heterocycles. The second-order valence-corrected chi connectivity index (χ2v) is 5.17. The van der Waals surface area contributed by atoms with Crippen molar-refractivity contribution in [1.29, 1.82) is 0 Å². The molecule has 0 aliphatic rings. The van der Waals surface area contributed by atoms with Gasteiger partial charge in [-0.15, -0.1) is 11.3 Å². The number of halogens is 1. The number of nitrogens with zero attached hydrogens (tertiary/aromatic N) is 2. The van der Waals surface area contributed by atoms with Crippen LogP contribution in [-0.2, 0) is 6.42 Å². The van der Waals surface area contributed by atoms with Crippen molar-refractivity contribution in [3.63, 3.8) is 0 Å². The molecule has 6 heteroatoms. The maximum Gasteiger partial charge on any atom is 0.193 e. The fourth-order valence-corrected chi connectivity index (χ4v) is 2.77. The quantitative estimate of drug-likeness (QED) is 0.568. The first kappa shape index (κ1) is 12.3. The molecule has 3 rings (SSSR count). The van der Waals surface area contributed by atoms with E-state index in [-0.39, 0.29) is 11.9 Å². The number of nitrogens with two attached hydrogens (primary N) is 1. The minimum atomic E-state index is -0.248. The van der Waals surface area contributed by atoms with Gasteiger partial charge in [-0.2, -0.15) is 0 Å². The highest BCUT2D eigenvalue weighted by Crippen LogP contribution is 2.19. The number of benzene rings is 1. The molecule has 0 aliphatic carbocycles. The van der Waals surface area contributed by atoms with Gasteiger partial charge in [0.2, 0.25) is 0 Å². The van der Waals surface area contributed by atoms with E-state index in [4.69, 9.17) is 5.84 Å². The molecular formula is C13H13FN4S. The van der Waals surface area contributed by atoms with Gasteiger partial charge in [0.15, 0.2) is 4.96 Å². The number of nitrogens with one attached hydrogen (secondary N) is 1. The summed E-state index contributed by atoms with van der Waals surface area (Å²) in [6.45, 7) is 0. The van der Waals surface area contributed by atoms with Crippen LogP contribution >= 0.6 is 11.3 Å². The fourth-order valence-electron chi connectivity index (χ4n) is 2.05. The molecule has 0 saturated heterocycles. The molecule has 4 nitrogen and oxygen atoms in total. The number of rotatable bonds is 4. The second kappa shape index (κ2) is 5.08. The summed E-state index contributed by atoms with van der Waals surface area (Å²) < 4.78 is 14.9. The molecule has 0 saturated carbocycles. The van der Waals surface area contributed by atoms with Crippen molar-refractivity contribution in [2.45, 2.75) is 12.5 Å². The van der Waals surface area contributed by atoms with Crippen molar-refractivity contribution in [2.24, 2.45) is 5.84 Å². The van der Waals surface area contributed by atoms with E-state index in [1.165, 1.54) is 12.1 Å². The first-order chi connectivity index (χ1) is 9.26. The molecule has 0 spiro atoms. The highest BCUT2D eigenvalue weighted by molar-refractivity contribution is 7.15. The Kier molecular flexibility index (Phi) is 3.29. The van der Waals surface area contributed by atoms with Crippen LogP contribution in [0.3, 0.4) is 0 Å². The Balaban J connectivity index is 1.83. The molecule has 0 radical (unpaired) electrons. The van der Waals surface area contributed by atoms with Gasteiger partial charge in [-0.25, -0.2) is 9.37 Å². The number of aromatic nitrogens is 2. The molecular weight excluding hydrogens is 263 g/mol. The zero-order valence-electron chi connectivity index (χ0n) is 10.1. The second-order valence-electron chi connectivity index (χ2n) is 4.30. The minimum absolute atomic E-state index is 0.0785. The third-order valence-electron chi connectivity index (χ3n) is 3.03. The average molecular weight is 276 g/mol. The predicted octanol–water partition coefficient (Wildman–Crippen LogP) is 2.28. The summed E-state index contributed by atoms with van der Waals surface area (Å²) in [5.74, 6) is 5.34. The van der Waals surface area contributed by atoms with Gasteiger partial charge in [0.1, 0.15) is 5.82 Å². The lowest BCUT2D eigenvalue weighted by Crippen LogP contribution is -2.29. The fraction of sp³-hybridized carbons (Fsp3) is 0.154. The van der Waals surface area contributed by atoms with E-state index >= 15 is 0 Å². The van der Waals surface area contributed by atoms with Crippen LogP contribution in [0.25, 0.3) is 4.96 Å². The van der Waals surface area contributed by atoms with E-state index in [1.54, 1.807) is 23.5 Å². The van der Waals surface area contributed by atoms with Crippen molar-refractivity contribution < 1.29 is 4.39 Å². The number of hydrogen-bond acceptors (Lipinski definition) is 4. The topological polar surface area (TPSA) is 55.3 Å². The summed E-state index contributed by atoms with van der Waals surface area (Å²) in [4.78, 5) is 5.48. The summed E-state index contributed by atoms with van der Waals surface area (Å²) in [6, 6.07) is 6.26. The highest BCUT2D eigenvalue weighted by Gasteiger charge is 2.13. The molecule has 1 aromatic carbocycles. The third kappa shape index (κ3) is 2.51. The molecule has 2 aromatic heterocycles. The Morgan fingerprint density at radius 1 is 1.37 bits per heavy atom. The standard InChI is InChI=1S/C13H13FN4S/c14-10-3-1-9(2-4-10)12(17-15)7-11-8-18-5-6-19-13(18)16-11/h1-6,8,12,17H,7,15H2. The summed E-state index contributed by atoms with van der Waals surface area (Å²) >= 11 is 1.59. The van der Waals surface area contributed by atoms with Crippen molar-refractivity contribution in [2.75, 3.05) is 0 Å². The lowest BCUT2D eigenvalue weighted by atomic mass is 10.0. The zero-order chi connectivity index (χ0) is 13.2. The Bertz CT molecular complexity index is 645. The molecule has 0 amide bonds. The molecule has 1 atom stereocenters. The molecule has 19 heavy (non-hydrogen) atoms. The first-order valence-corrected chi connectivity index (χ1v) is 6.77. The molecule has 1 unspecified atom stereocenters. The lowest BCUT2D eigenvalue weighted by molar-refractivity contribution is 0.544. The summed E-state index contributed by atoms with van der Waals surface area (Å²) in [6.07, 6.45) is 4.62. The number of fused-ring (bicyclic) bond motifs is 1. The Hall–Kier alpha value is -1.76. The minimum Gasteiger partial charge on any atom is -0.297 e. The molecule has 0 aliphatic heterocycles. The van der Waals surface area contributed by atoms with Gasteiger partial charge in [-0.05, 0) is 17.7 Å². The largest absolute Gasteiger partial charge is 0.297 e. The van der Waals surface area contributed by atoms with E-state index in [1.807, 2.05) is 22.2 Å². The average Bonchev–Trinajstić information content (AvgIpc) is 2.98. The van der Waals surface area contributed by atoms with Crippen LogP contribution in [0.5, 0.6) is 0 Å². The van der Waals surface area contributed by atoms with Crippen molar-refractivity contribution in [3.8, 4) is 0 Å². The lowest BCUT2D eigenvalue weighted by Gasteiger charge is -2.14. The normalized spacial score (nSPS) is 12.9. The van der Waals surface area contributed by atoms with Crippen molar-refractivity contribution in [3.05, 3.63) is 59.1 Å². The summed E-state index contributed by atoms with van der Waals surface area (Å²) in [7, 11) is 0. The van der Waals surface area contributed by atoms with Gasteiger partial charge in [0.05, 0.1) is 11.7 Å². The Labute approximate surface area is 113 Å². The van der Waals surface area contributed by atoms with Crippen molar-refractivity contribution in [1.82, 2.24) is 14.8 Å². The Morgan fingerprint density at radius 2 is 2.16 bits per heavy atom. The summed E-state index contributed by atoms with van der Waals surface area (Å²) in [5.41, 5.74) is 4.66. The van der Waals surface area contributed by atoms with Gasteiger partial charge < -0.3 is 0 Å². The van der Waals surface area contributed by atoms with Crippen LogP contribution in [-0.4, -0.2) is 9.38 Å². The number of imidazole rings is 1. The molecule has 0 bridgehead atoms. The van der Waals surface area contributed by atoms with Gasteiger partial charge >= 0.3 is 0 Å². The van der Waals surface area contributed by atoms with Crippen LogP contribution in [0, 0.1) is 5.82 Å². The first-order valence-electron chi connectivity index (χ1n) is 5.89. The highest BCUT2D eigenvalue weighted by atomic mass is 32.1. The van der Waals surface area contributed by atoms with E-state index in [0.717, 1.165) is 16.2 Å². The zero-order valence-corrected chi connectivity index (χ0v) is 10.9. The van der Waals surface area contributed by atoms with E-state index < -0.39 is 0 Å². The van der Waals surface area contributed by atoms with Crippen LogP contribution in [0.2, 0.25) is 0 Å². The van der Waals surface area contributed by atoms with E-state index in [2.05, 4.69) is 10.4 Å². The molecule has 98 valence electrons. The van der Waals surface area contributed by atoms with Crippen molar-refractivity contribution >= 4 is 16.3 Å². The van der Waals surface area contributed by atoms with Crippen LogP contribution < -0.4 is 11.3 Å². The third-order valence-corrected chi connectivity index (χ3v) is 3.80. The van der Waals surface area contributed by atoms with E-state index in [0.29, 0.717) is 6.42 Å². The van der Waals surface area contributed by atoms with Gasteiger partial charge in [-0.3, -0.25) is 15.7 Å². The van der Waals surface area contributed by atoms with Crippen LogP contribution in [0.1, 0.15) is 17.3 Å². The number of hydrogen-bond donors (Lipinski definition) is 2. The monoisotopic (exact) mass is 276 g/mol.